The van der Waals surface area contributed by atoms with Crippen molar-refractivity contribution < 1.29 is 14.4 Å². The third-order valence-corrected chi connectivity index (χ3v) is 5.71. The zero-order chi connectivity index (χ0) is 16.7. The molecule has 0 spiro atoms. The van der Waals surface area contributed by atoms with Crippen molar-refractivity contribution in [3.8, 4) is 0 Å². The molecule has 1 aliphatic heterocycles. The number of carbonyl (C=O) groups excluding carboxylic acids is 1. The van der Waals surface area contributed by atoms with E-state index in [1.165, 1.54) is 23.1 Å². The van der Waals surface area contributed by atoms with E-state index in [2.05, 4.69) is 15.5 Å². The molecule has 0 unspecified atom stereocenters. The Kier molecular flexibility index (Phi) is 7.54. The number of aromatic nitrogens is 2. The number of rotatable bonds is 8. The van der Waals surface area contributed by atoms with Gasteiger partial charge in [-0.3, -0.25) is 4.79 Å². The fraction of sp³-hybridized carbons (Fsp3) is 0.786. The van der Waals surface area contributed by atoms with E-state index in [0.29, 0.717) is 0 Å². The van der Waals surface area contributed by atoms with Crippen LogP contribution in [0.1, 0.15) is 13.3 Å². The number of quaternary nitrogens is 1. The van der Waals surface area contributed by atoms with Crippen LogP contribution in [0, 0.1) is 0 Å². The molecule has 7 nitrogen and oxygen atoms in total. The Morgan fingerprint density at radius 2 is 2.17 bits per heavy atom. The van der Waals surface area contributed by atoms with E-state index < -0.39 is 0 Å². The van der Waals surface area contributed by atoms with Gasteiger partial charge in [0.2, 0.25) is 11.0 Å². The van der Waals surface area contributed by atoms with Crippen LogP contribution in [0.3, 0.4) is 0 Å². The van der Waals surface area contributed by atoms with E-state index >= 15 is 0 Å². The molecule has 1 aromatic rings. The van der Waals surface area contributed by atoms with Crippen molar-refractivity contribution in [2.45, 2.75) is 22.9 Å². The highest BCUT2D eigenvalue weighted by Gasteiger charge is 2.18. The van der Waals surface area contributed by atoms with E-state index in [4.69, 9.17) is 4.74 Å². The summed E-state index contributed by atoms with van der Waals surface area (Å²) in [6, 6.07) is 0. The fourth-order valence-electron chi connectivity index (χ4n) is 2.34. The summed E-state index contributed by atoms with van der Waals surface area (Å²) in [7, 11) is 3.53. The summed E-state index contributed by atoms with van der Waals surface area (Å²) in [6.07, 6.45) is 1.10. The number of nitrogens with one attached hydrogen (secondary N) is 2. The Hall–Kier alpha value is -0.900. The molecule has 1 aromatic heterocycles. The van der Waals surface area contributed by atoms with Crippen molar-refractivity contribution in [3.05, 3.63) is 0 Å². The average Bonchev–Trinajstić information content (AvgIpc) is 2.99. The Morgan fingerprint density at radius 3 is 2.87 bits per heavy atom. The molecule has 1 aliphatic rings. The Balaban J connectivity index is 1.67. The van der Waals surface area contributed by atoms with Crippen LogP contribution in [-0.4, -0.2) is 79.7 Å². The maximum Gasteiger partial charge on any atom is 0.235 e. The standard InChI is InChI=1S/C14H25N5O2S2/c1-11(12(20)18(2)3)22-14-17-16-13(23-14)15-5-4-6-19-7-9-21-10-8-19/h11H,4-10H2,1-3H3,(H,15,16)/p+1/t11-/m0/s1. The summed E-state index contributed by atoms with van der Waals surface area (Å²) >= 11 is 2.97. The van der Waals surface area contributed by atoms with Gasteiger partial charge in [0.05, 0.1) is 25.0 Å². The maximum atomic E-state index is 11.8. The molecule has 2 heterocycles. The summed E-state index contributed by atoms with van der Waals surface area (Å²) in [6.45, 7) is 7.93. The summed E-state index contributed by atoms with van der Waals surface area (Å²) in [5.41, 5.74) is 0. The SMILES string of the molecule is C[C@H](Sc1nnc(NCCC[NH+]2CCOCC2)s1)C(=O)N(C)C. The lowest BCUT2D eigenvalue weighted by molar-refractivity contribution is -0.908. The second-order valence-corrected chi connectivity index (χ2v) is 8.32. The van der Waals surface area contributed by atoms with Crippen LogP contribution >= 0.6 is 23.1 Å². The second kappa shape index (κ2) is 9.41. The fourth-order valence-corrected chi connectivity index (χ4v) is 4.41. The first-order valence-electron chi connectivity index (χ1n) is 7.93. The molecule has 0 radical (unpaired) electrons. The molecule has 9 heteroatoms. The smallest absolute Gasteiger partial charge is 0.235 e. The quantitative estimate of drug-likeness (QED) is 0.495. The molecule has 0 aromatic carbocycles. The van der Waals surface area contributed by atoms with Crippen molar-refractivity contribution in [3.63, 3.8) is 0 Å². The molecule has 2 rings (SSSR count). The third-order valence-electron chi connectivity index (χ3n) is 3.66. The zero-order valence-corrected chi connectivity index (χ0v) is 15.6. The number of thioether (sulfide) groups is 1. The third kappa shape index (κ3) is 6.25. The van der Waals surface area contributed by atoms with Gasteiger partial charge in [0.15, 0.2) is 4.34 Å². The lowest BCUT2D eigenvalue weighted by Gasteiger charge is -2.23. The van der Waals surface area contributed by atoms with Gasteiger partial charge in [-0.15, -0.1) is 10.2 Å². The van der Waals surface area contributed by atoms with Crippen molar-refractivity contribution >= 4 is 34.1 Å². The molecule has 0 saturated carbocycles. The molecule has 2 N–H and O–H groups in total. The van der Waals surface area contributed by atoms with Gasteiger partial charge < -0.3 is 19.9 Å². The first kappa shape index (κ1) is 18.4. The van der Waals surface area contributed by atoms with Crippen LogP contribution in [0.25, 0.3) is 0 Å². The van der Waals surface area contributed by atoms with Crippen LogP contribution in [0.4, 0.5) is 5.13 Å². The minimum atomic E-state index is -0.143. The van der Waals surface area contributed by atoms with Gasteiger partial charge in [-0.05, 0) is 6.92 Å². The summed E-state index contributed by atoms with van der Waals surface area (Å²) in [5, 5.41) is 12.3. The van der Waals surface area contributed by atoms with Crippen LogP contribution in [0.5, 0.6) is 0 Å². The van der Waals surface area contributed by atoms with Gasteiger partial charge >= 0.3 is 0 Å². The van der Waals surface area contributed by atoms with Gasteiger partial charge in [0.1, 0.15) is 13.1 Å². The van der Waals surface area contributed by atoms with Gasteiger partial charge in [-0.1, -0.05) is 23.1 Å². The summed E-state index contributed by atoms with van der Waals surface area (Å²) < 4.78 is 6.19. The molecular formula is C14H26N5O2S2+. The number of nitrogens with zero attached hydrogens (tertiary/aromatic N) is 3. The second-order valence-electron chi connectivity index (χ2n) is 5.76. The van der Waals surface area contributed by atoms with Crippen molar-refractivity contribution in [2.24, 2.45) is 0 Å². The van der Waals surface area contributed by atoms with Crippen molar-refractivity contribution in [1.29, 1.82) is 0 Å². The molecule has 0 aliphatic carbocycles. The largest absolute Gasteiger partial charge is 0.370 e. The molecule has 1 amide bonds. The topological polar surface area (TPSA) is 71.8 Å². The number of hydrogen-bond acceptors (Lipinski definition) is 7. The molecule has 23 heavy (non-hydrogen) atoms. The Labute approximate surface area is 145 Å². The van der Waals surface area contributed by atoms with Gasteiger partial charge in [-0.2, -0.15) is 0 Å². The van der Waals surface area contributed by atoms with Crippen LogP contribution in [0.2, 0.25) is 0 Å². The van der Waals surface area contributed by atoms with Crippen LogP contribution < -0.4 is 10.2 Å². The highest BCUT2D eigenvalue weighted by Crippen LogP contribution is 2.29. The monoisotopic (exact) mass is 360 g/mol. The zero-order valence-electron chi connectivity index (χ0n) is 14.0. The van der Waals surface area contributed by atoms with E-state index in [9.17, 15) is 4.79 Å². The predicted molar refractivity (Wildman–Crippen MR) is 93.4 cm³/mol. The molecule has 1 fully saturated rings. The predicted octanol–water partition coefficient (Wildman–Crippen LogP) is -0.176. The Morgan fingerprint density at radius 1 is 1.43 bits per heavy atom. The van der Waals surface area contributed by atoms with Crippen LogP contribution in [-0.2, 0) is 9.53 Å². The van der Waals surface area contributed by atoms with Gasteiger partial charge in [0.25, 0.3) is 0 Å². The number of carbonyl (C=O) groups is 1. The molecule has 1 atom stereocenters. The Bertz CT molecular complexity index is 491. The number of amides is 1. The summed E-state index contributed by atoms with van der Waals surface area (Å²) in [4.78, 5) is 15.1. The van der Waals surface area contributed by atoms with Crippen molar-refractivity contribution in [1.82, 2.24) is 15.1 Å². The number of morpholine rings is 1. The number of hydrogen-bond donors (Lipinski definition) is 2. The average molecular weight is 361 g/mol. The summed E-state index contributed by atoms with van der Waals surface area (Å²) in [5.74, 6) is 0.0909. The molecule has 1 saturated heterocycles. The first-order chi connectivity index (χ1) is 11.1. The maximum absolute atomic E-state index is 11.8. The van der Waals surface area contributed by atoms with E-state index in [1.807, 2.05) is 6.92 Å². The number of anilines is 1. The first-order valence-corrected chi connectivity index (χ1v) is 9.62. The highest BCUT2D eigenvalue weighted by molar-refractivity contribution is 8.02. The van der Waals surface area contributed by atoms with E-state index in [1.54, 1.807) is 23.9 Å². The van der Waals surface area contributed by atoms with Crippen LogP contribution in [0.15, 0.2) is 4.34 Å². The van der Waals surface area contributed by atoms with Gasteiger partial charge in [0, 0.05) is 27.1 Å². The lowest BCUT2D eigenvalue weighted by Crippen LogP contribution is -3.14. The normalized spacial score (nSPS) is 17.0. The minimum absolute atomic E-state index is 0.0909. The van der Waals surface area contributed by atoms with Gasteiger partial charge in [-0.25, -0.2) is 0 Å². The highest BCUT2D eigenvalue weighted by atomic mass is 32.2. The van der Waals surface area contributed by atoms with E-state index in [-0.39, 0.29) is 11.2 Å². The number of ether oxygens (including phenoxy) is 1. The lowest BCUT2D eigenvalue weighted by atomic mass is 10.3. The minimum Gasteiger partial charge on any atom is -0.370 e. The molecule has 0 bridgehead atoms. The van der Waals surface area contributed by atoms with Crippen molar-refractivity contribution in [2.75, 3.05) is 58.8 Å². The molecule has 130 valence electrons. The van der Waals surface area contributed by atoms with E-state index in [0.717, 1.165) is 55.3 Å². The molecular weight excluding hydrogens is 334 g/mol.